The number of aromatic hydroxyl groups is 1. The zero-order chi connectivity index (χ0) is 27.0. The molecular weight excluding hydrogens is 520 g/mol. The predicted octanol–water partition coefficient (Wildman–Crippen LogP) is 3.70. The Morgan fingerprint density at radius 1 is 1.22 bits per heavy atom. The smallest absolute Gasteiger partial charge is 0.299 e. The molecule has 1 aliphatic rings. The second kappa shape index (κ2) is 10.3. The van der Waals surface area contributed by atoms with E-state index in [0.29, 0.717) is 36.3 Å². The molecule has 4 rings (SSSR count). The summed E-state index contributed by atoms with van der Waals surface area (Å²) in [6, 6.07) is 7.37. The highest BCUT2D eigenvalue weighted by Gasteiger charge is 2.31. The normalized spacial score (nSPS) is 15.7. The molecule has 0 amide bonds. The van der Waals surface area contributed by atoms with E-state index in [1.165, 1.54) is 29.0 Å². The first kappa shape index (κ1) is 26.9. The van der Waals surface area contributed by atoms with E-state index in [1.807, 2.05) is 20.8 Å². The molecule has 12 nitrogen and oxygen atoms in total. The Balaban J connectivity index is 1.78. The van der Waals surface area contributed by atoms with Crippen molar-refractivity contribution >= 4 is 49.2 Å². The van der Waals surface area contributed by atoms with Gasteiger partial charge in [0.25, 0.3) is 15.8 Å². The molecule has 0 spiro atoms. The summed E-state index contributed by atoms with van der Waals surface area (Å²) in [4.78, 5) is 17.8. The number of anilines is 2. The van der Waals surface area contributed by atoms with Crippen LogP contribution in [0.2, 0.25) is 0 Å². The topological polar surface area (TPSA) is 178 Å². The van der Waals surface area contributed by atoms with Crippen molar-refractivity contribution in [3.8, 4) is 5.75 Å². The fourth-order valence-electron chi connectivity index (χ4n) is 3.85. The standard InChI is InChI=1S/C23H30N6O6S2/c1-4-10-25-37(34,35)27-15-7-8-17-18(13-15)36(32,33)28-21(26-17)19-20(30)16-6-5-11-24-22(16)29(23(19)31)12-9-14(2)3/h5-8,11,13-14,25,27,30,32-33H,4,9-10,12H2,1-3H3,(H,26,28). The van der Waals surface area contributed by atoms with Gasteiger partial charge in [-0.15, -0.1) is 4.40 Å². The predicted molar refractivity (Wildman–Crippen MR) is 146 cm³/mol. The molecule has 0 radical (unpaired) electrons. The highest BCUT2D eigenvalue weighted by Crippen LogP contribution is 2.56. The van der Waals surface area contributed by atoms with Gasteiger partial charge in [0.1, 0.15) is 21.9 Å². The Morgan fingerprint density at radius 2 is 1.97 bits per heavy atom. The fraction of sp³-hybridized carbons (Fsp3) is 0.348. The summed E-state index contributed by atoms with van der Waals surface area (Å²) in [7, 11) is -7.72. The molecule has 14 heteroatoms. The first-order chi connectivity index (χ1) is 17.4. The lowest BCUT2D eigenvalue weighted by atomic mass is 10.1. The number of hydrogen-bond acceptors (Lipinski definition) is 9. The van der Waals surface area contributed by atoms with Crippen LogP contribution < -0.4 is 20.3 Å². The van der Waals surface area contributed by atoms with E-state index in [1.54, 1.807) is 12.1 Å². The van der Waals surface area contributed by atoms with Gasteiger partial charge in [0, 0.05) is 19.3 Å². The summed E-state index contributed by atoms with van der Waals surface area (Å²) in [5, 5.41) is 14.2. The molecule has 0 unspecified atom stereocenters. The number of aryl methyl sites for hydroxylation is 1. The average molecular weight is 551 g/mol. The summed E-state index contributed by atoms with van der Waals surface area (Å²) in [6.07, 6.45) is 2.81. The van der Waals surface area contributed by atoms with Crippen molar-refractivity contribution < 1.29 is 22.6 Å². The molecule has 0 saturated carbocycles. The summed E-state index contributed by atoms with van der Waals surface area (Å²) < 4.78 is 56.2. The maximum Gasteiger partial charge on any atom is 0.299 e. The van der Waals surface area contributed by atoms with Crippen LogP contribution in [0, 0.1) is 5.92 Å². The van der Waals surface area contributed by atoms with E-state index in [2.05, 4.69) is 24.1 Å². The summed E-state index contributed by atoms with van der Waals surface area (Å²) in [5.74, 6) is -0.294. The number of pyridine rings is 2. The maximum atomic E-state index is 13.5. The maximum absolute atomic E-state index is 13.5. The summed E-state index contributed by atoms with van der Waals surface area (Å²) in [5.41, 5.74) is -0.192. The number of amidine groups is 1. The van der Waals surface area contributed by atoms with E-state index in [0.717, 1.165) is 0 Å². The van der Waals surface area contributed by atoms with Gasteiger partial charge in [0.05, 0.1) is 16.8 Å². The van der Waals surface area contributed by atoms with Crippen LogP contribution in [-0.4, -0.2) is 44.6 Å². The third kappa shape index (κ3) is 5.57. The largest absolute Gasteiger partial charge is 0.506 e. The molecule has 0 saturated heterocycles. The number of nitrogens with zero attached hydrogens (tertiary/aromatic N) is 3. The third-order valence-corrected chi connectivity index (χ3v) is 8.16. The molecule has 200 valence electrons. The highest BCUT2D eigenvalue weighted by atomic mass is 32.3. The van der Waals surface area contributed by atoms with E-state index < -0.39 is 26.5 Å². The Morgan fingerprint density at radius 3 is 2.68 bits per heavy atom. The van der Waals surface area contributed by atoms with E-state index in [9.17, 15) is 27.4 Å². The number of hydrogen-bond donors (Lipinski definition) is 6. The van der Waals surface area contributed by atoms with E-state index in [-0.39, 0.29) is 40.0 Å². The van der Waals surface area contributed by atoms with Gasteiger partial charge < -0.3 is 10.4 Å². The first-order valence-corrected chi connectivity index (χ1v) is 14.7. The molecule has 0 atom stereocenters. The van der Waals surface area contributed by atoms with Crippen LogP contribution in [0.5, 0.6) is 5.75 Å². The highest BCUT2D eigenvalue weighted by molar-refractivity contribution is 8.23. The van der Waals surface area contributed by atoms with Crippen molar-refractivity contribution in [2.45, 2.75) is 45.1 Å². The molecule has 37 heavy (non-hydrogen) atoms. The number of fused-ring (bicyclic) bond motifs is 2. The third-order valence-electron chi connectivity index (χ3n) is 5.70. The second-order valence-corrected chi connectivity index (χ2v) is 12.2. The van der Waals surface area contributed by atoms with Crippen LogP contribution in [0.15, 0.2) is 50.6 Å². The minimum absolute atomic E-state index is 0.0611. The van der Waals surface area contributed by atoms with Gasteiger partial charge in [-0.2, -0.15) is 13.1 Å². The number of rotatable bonds is 9. The van der Waals surface area contributed by atoms with Gasteiger partial charge in [-0.1, -0.05) is 31.5 Å². The summed E-state index contributed by atoms with van der Waals surface area (Å²) >= 11 is 0. The molecule has 0 bridgehead atoms. The Bertz CT molecular complexity index is 1530. The van der Waals surface area contributed by atoms with Crippen molar-refractivity contribution in [3.05, 3.63) is 52.4 Å². The Labute approximate surface area is 216 Å². The van der Waals surface area contributed by atoms with Crippen LogP contribution in [0.1, 0.15) is 39.2 Å². The van der Waals surface area contributed by atoms with Crippen LogP contribution in [-0.2, 0) is 16.8 Å². The monoisotopic (exact) mass is 550 g/mol. The SMILES string of the molecule is CCCNS(=O)(=O)Nc1ccc2c(c1)S(O)(O)N=C(c1c(O)c3cccnc3n(CCC(C)C)c1=O)N2. The zero-order valence-electron chi connectivity index (χ0n) is 20.6. The van der Waals surface area contributed by atoms with Crippen LogP contribution in [0.25, 0.3) is 11.0 Å². The minimum atomic E-state index is -3.86. The lowest BCUT2D eigenvalue weighted by Gasteiger charge is -2.34. The van der Waals surface area contributed by atoms with Gasteiger partial charge >= 0.3 is 0 Å². The number of benzene rings is 1. The van der Waals surface area contributed by atoms with Crippen LogP contribution >= 0.6 is 10.8 Å². The van der Waals surface area contributed by atoms with Crippen molar-refractivity contribution in [3.63, 3.8) is 0 Å². The van der Waals surface area contributed by atoms with Crippen molar-refractivity contribution in [2.24, 2.45) is 10.3 Å². The molecule has 2 aromatic heterocycles. The number of aromatic nitrogens is 2. The van der Waals surface area contributed by atoms with Gasteiger partial charge in [0.15, 0.2) is 5.84 Å². The molecule has 3 aromatic rings. The first-order valence-electron chi connectivity index (χ1n) is 11.7. The quantitative estimate of drug-likeness (QED) is 0.233. The average Bonchev–Trinajstić information content (AvgIpc) is 2.82. The van der Waals surface area contributed by atoms with Gasteiger partial charge in [-0.05, 0) is 49.1 Å². The molecule has 0 fully saturated rings. The summed E-state index contributed by atoms with van der Waals surface area (Å²) in [6.45, 7) is 6.45. The lowest BCUT2D eigenvalue weighted by molar-refractivity contribution is 0.473. The van der Waals surface area contributed by atoms with Gasteiger partial charge in [0.2, 0.25) is 0 Å². The number of nitrogens with one attached hydrogen (secondary N) is 3. The van der Waals surface area contributed by atoms with Crippen molar-refractivity contribution in [1.82, 2.24) is 14.3 Å². The minimum Gasteiger partial charge on any atom is -0.506 e. The van der Waals surface area contributed by atoms with Gasteiger partial charge in [-0.25, -0.2) is 4.98 Å². The Hall–Kier alpha value is -3.17. The van der Waals surface area contributed by atoms with Crippen LogP contribution in [0.3, 0.4) is 0 Å². The molecule has 0 aliphatic carbocycles. The van der Waals surface area contributed by atoms with Crippen LogP contribution in [0.4, 0.5) is 11.4 Å². The molecule has 1 aromatic carbocycles. The molecule has 6 N–H and O–H groups in total. The Kier molecular flexibility index (Phi) is 7.48. The van der Waals surface area contributed by atoms with E-state index in [4.69, 9.17) is 0 Å². The lowest BCUT2D eigenvalue weighted by Crippen LogP contribution is -2.33. The van der Waals surface area contributed by atoms with Crippen molar-refractivity contribution in [2.75, 3.05) is 16.6 Å². The molecule has 3 heterocycles. The second-order valence-electron chi connectivity index (χ2n) is 9.03. The molecule has 1 aliphatic heterocycles. The van der Waals surface area contributed by atoms with E-state index >= 15 is 0 Å². The van der Waals surface area contributed by atoms with Crippen molar-refractivity contribution in [1.29, 1.82) is 0 Å². The fourth-order valence-corrected chi connectivity index (χ4v) is 6.02. The van der Waals surface area contributed by atoms with Gasteiger partial charge in [-0.3, -0.25) is 23.2 Å². The molecular formula is C23H30N6O6S2. The zero-order valence-corrected chi connectivity index (χ0v) is 22.2.